The van der Waals surface area contributed by atoms with E-state index in [1.807, 2.05) is 36.4 Å². The van der Waals surface area contributed by atoms with Crippen molar-refractivity contribution in [3.8, 4) is 0 Å². The van der Waals surface area contributed by atoms with Gasteiger partial charge in [0, 0.05) is 12.0 Å². The molecule has 1 aliphatic carbocycles. The molecule has 1 aliphatic rings. The van der Waals surface area contributed by atoms with Gasteiger partial charge in [0.2, 0.25) is 0 Å². The minimum absolute atomic E-state index is 0.142. The van der Waals surface area contributed by atoms with E-state index in [1.165, 1.54) is 5.56 Å². The lowest BCUT2D eigenvalue weighted by Crippen LogP contribution is -1.98. The van der Waals surface area contributed by atoms with Crippen molar-refractivity contribution in [2.75, 3.05) is 0 Å². The average Bonchev–Trinajstić information content (AvgIpc) is 2.54. The van der Waals surface area contributed by atoms with Crippen molar-refractivity contribution >= 4 is 5.78 Å². The molecular weight excluding hydrogens is 160 g/mol. The molecule has 0 aromatic heterocycles. The summed E-state index contributed by atoms with van der Waals surface area (Å²) in [5, 5.41) is 0. The van der Waals surface area contributed by atoms with Gasteiger partial charge in [-0.05, 0) is 11.6 Å². The topological polar surface area (TPSA) is 17.1 Å². The van der Waals surface area contributed by atoms with Crippen LogP contribution in [0.1, 0.15) is 5.56 Å². The molecular formula is C12H10O. The zero-order valence-electron chi connectivity index (χ0n) is 7.23. The molecule has 13 heavy (non-hydrogen) atoms. The lowest BCUT2D eigenvalue weighted by Gasteiger charge is -1.99. The van der Waals surface area contributed by atoms with Gasteiger partial charge in [0.05, 0.1) is 0 Å². The van der Waals surface area contributed by atoms with E-state index in [2.05, 4.69) is 0 Å². The molecule has 0 radical (unpaired) electrons. The molecule has 0 bridgehead atoms. The predicted molar refractivity (Wildman–Crippen MR) is 52.4 cm³/mol. The van der Waals surface area contributed by atoms with Gasteiger partial charge in [0.1, 0.15) is 0 Å². The van der Waals surface area contributed by atoms with Gasteiger partial charge >= 0.3 is 0 Å². The van der Waals surface area contributed by atoms with Crippen LogP contribution in [0.3, 0.4) is 0 Å². The number of allylic oxidation sites excluding steroid dienone is 4. The van der Waals surface area contributed by atoms with Gasteiger partial charge in [0.25, 0.3) is 0 Å². The third-order valence-electron chi connectivity index (χ3n) is 2.10. The first-order valence-electron chi connectivity index (χ1n) is 4.32. The van der Waals surface area contributed by atoms with Crippen LogP contribution in [-0.2, 0) is 11.2 Å². The Morgan fingerprint density at radius 1 is 1.08 bits per heavy atom. The summed E-state index contributed by atoms with van der Waals surface area (Å²) >= 11 is 0. The summed E-state index contributed by atoms with van der Waals surface area (Å²) in [6, 6.07) is 10.0. The van der Waals surface area contributed by atoms with Gasteiger partial charge in [-0.25, -0.2) is 0 Å². The van der Waals surface area contributed by atoms with Gasteiger partial charge < -0.3 is 0 Å². The minimum atomic E-state index is 0.142. The zero-order valence-corrected chi connectivity index (χ0v) is 7.23. The second kappa shape index (κ2) is 3.40. The molecule has 0 atom stereocenters. The monoisotopic (exact) mass is 170 g/mol. The van der Waals surface area contributed by atoms with E-state index in [-0.39, 0.29) is 5.78 Å². The number of hydrogen-bond donors (Lipinski definition) is 0. The molecule has 0 aliphatic heterocycles. The van der Waals surface area contributed by atoms with Crippen molar-refractivity contribution < 1.29 is 4.79 Å². The fraction of sp³-hybridized carbons (Fsp3) is 0.0833. The molecule has 1 aromatic rings. The second-order valence-corrected chi connectivity index (χ2v) is 3.08. The molecule has 1 aromatic carbocycles. The van der Waals surface area contributed by atoms with E-state index in [4.69, 9.17) is 0 Å². The third-order valence-corrected chi connectivity index (χ3v) is 2.10. The Balaban J connectivity index is 2.12. The molecule has 0 spiro atoms. The molecule has 0 amide bonds. The molecule has 0 saturated heterocycles. The summed E-state index contributed by atoms with van der Waals surface area (Å²) in [5.74, 6) is 0.142. The molecule has 2 rings (SSSR count). The SMILES string of the molecule is O=C1C=CC=C1Cc1ccccc1. The predicted octanol–water partition coefficient (Wildman–Crippen LogP) is 2.29. The molecule has 0 saturated carbocycles. The van der Waals surface area contributed by atoms with Crippen molar-refractivity contribution in [3.05, 3.63) is 59.7 Å². The van der Waals surface area contributed by atoms with Crippen LogP contribution >= 0.6 is 0 Å². The normalized spacial score (nSPS) is 14.8. The van der Waals surface area contributed by atoms with E-state index in [1.54, 1.807) is 12.2 Å². The number of benzene rings is 1. The van der Waals surface area contributed by atoms with Gasteiger partial charge in [-0.2, -0.15) is 0 Å². The number of carbonyl (C=O) groups excluding carboxylic acids is 1. The fourth-order valence-electron chi connectivity index (χ4n) is 1.40. The van der Waals surface area contributed by atoms with Crippen LogP contribution in [0.25, 0.3) is 0 Å². The van der Waals surface area contributed by atoms with Crippen molar-refractivity contribution in [2.24, 2.45) is 0 Å². The van der Waals surface area contributed by atoms with Crippen LogP contribution in [0.4, 0.5) is 0 Å². The summed E-state index contributed by atoms with van der Waals surface area (Å²) < 4.78 is 0. The average molecular weight is 170 g/mol. The highest BCUT2D eigenvalue weighted by Gasteiger charge is 2.09. The fourth-order valence-corrected chi connectivity index (χ4v) is 1.40. The highest BCUT2D eigenvalue weighted by molar-refractivity contribution is 6.07. The number of rotatable bonds is 2. The first kappa shape index (κ1) is 7.99. The second-order valence-electron chi connectivity index (χ2n) is 3.08. The molecule has 0 N–H and O–H groups in total. The quantitative estimate of drug-likeness (QED) is 0.665. The maximum atomic E-state index is 11.2. The lowest BCUT2D eigenvalue weighted by molar-refractivity contribution is -0.111. The largest absolute Gasteiger partial charge is 0.290 e. The summed E-state index contributed by atoms with van der Waals surface area (Å²) in [6.07, 6.45) is 6.04. The maximum absolute atomic E-state index is 11.2. The van der Waals surface area contributed by atoms with Crippen LogP contribution in [0.2, 0.25) is 0 Å². The standard InChI is InChI=1S/C12H10O/c13-12-8-4-7-11(12)9-10-5-2-1-3-6-10/h1-8H,9H2. The van der Waals surface area contributed by atoms with Crippen LogP contribution in [0.15, 0.2) is 54.1 Å². The van der Waals surface area contributed by atoms with Crippen molar-refractivity contribution in [2.45, 2.75) is 6.42 Å². The van der Waals surface area contributed by atoms with Crippen LogP contribution < -0.4 is 0 Å². The summed E-state index contributed by atoms with van der Waals surface area (Å²) in [6.45, 7) is 0. The Labute approximate surface area is 77.4 Å². The molecule has 64 valence electrons. The van der Waals surface area contributed by atoms with Gasteiger partial charge in [-0.1, -0.05) is 42.5 Å². The molecule has 0 heterocycles. The Bertz CT molecular complexity index is 371. The first-order chi connectivity index (χ1) is 6.36. The van der Waals surface area contributed by atoms with Crippen molar-refractivity contribution in [3.63, 3.8) is 0 Å². The van der Waals surface area contributed by atoms with E-state index >= 15 is 0 Å². The molecule has 1 nitrogen and oxygen atoms in total. The summed E-state index contributed by atoms with van der Waals surface area (Å²) in [7, 11) is 0. The Kier molecular flexibility index (Phi) is 2.09. The maximum Gasteiger partial charge on any atom is 0.182 e. The van der Waals surface area contributed by atoms with Crippen LogP contribution in [-0.4, -0.2) is 5.78 Å². The first-order valence-corrected chi connectivity index (χ1v) is 4.32. The van der Waals surface area contributed by atoms with E-state index < -0.39 is 0 Å². The van der Waals surface area contributed by atoms with Crippen molar-refractivity contribution in [1.82, 2.24) is 0 Å². The van der Waals surface area contributed by atoms with E-state index in [9.17, 15) is 4.79 Å². The minimum Gasteiger partial charge on any atom is -0.290 e. The van der Waals surface area contributed by atoms with Crippen molar-refractivity contribution in [1.29, 1.82) is 0 Å². The van der Waals surface area contributed by atoms with Crippen LogP contribution in [0, 0.1) is 0 Å². The Morgan fingerprint density at radius 3 is 2.46 bits per heavy atom. The number of carbonyl (C=O) groups is 1. The third kappa shape index (κ3) is 1.75. The highest BCUT2D eigenvalue weighted by Crippen LogP contribution is 2.13. The smallest absolute Gasteiger partial charge is 0.182 e. The van der Waals surface area contributed by atoms with Gasteiger partial charge in [-0.3, -0.25) is 4.79 Å². The Hall–Kier alpha value is -1.63. The van der Waals surface area contributed by atoms with Gasteiger partial charge in [0.15, 0.2) is 5.78 Å². The Morgan fingerprint density at radius 2 is 1.85 bits per heavy atom. The summed E-state index contributed by atoms with van der Waals surface area (Å²) in [5.41, 5.74) is 2.07. The summed E-state index contributed by atoms with van der Waals surface area (Å²) in [4.78, 5) is 11.2. The van der Waals surface area contributed by atoms with E-state index in [0.717, 1.165) is 12.0 Å². The van der Waals surface area contributed by atoms with E-state index in [0.29, 0.717) is 0 Å². The highest BCUT2D eigenvalue weighted by atomic mass is 16.1. The van der Waals surface area contributed by atoms with Gasteiger partial charge in [-0.15, -0.1) is 0 Å². The molecule has 0 unspecified atom stereocenters. The molecule has 1 heteroatoms. The number of hydrogen-bond acceptors (Lipinski definition) is 1. The van der Waals surface area contributed by atoms with Crippen LogP contribution in [0.5, 0.6) is 0 Å². The lowest BCUT2D eigenvalue weighted by atomic mass is 10.0. The zero-order chi connectivity index (χ0) is 9.10. The number of ketones is 1. The molecule has 0 fully saturated rings.